The minimum atomic E-state index is 0.00900. The standard InChI is InChI=1S/C29H47N3O5/c1-6-8-28(33)31(24-12-13-24)16-15-23-10-11-25(20-30-23)32(21(2)3)29(34)22-9-14-26(36-5)27(19-22)37-18-7-17-35-4/h9,14,19,21,23-25,30H,6-8,10-13,15-18,20H2,1-5H3/t23-,25-/m1/s1. The predicted molar refractivity (Wildman–Crippen MR) is 145 cm³/mol. The topological polar surface area (TPSA) is 80.3 Å². The molecule has 0 unspecified atom stereocenters. The zero-order chi connectivity index (χ0) is 26.8. The van der Waals surface area contributed by atoms with Gasteiger partial charge in [0.05, 0.1) is 13.7 Å². The second-order valence-corrected chi connectivity index (χ2v) is 10.6. The predicted octanol–water partition coefficient (Wildman–Crippen LogP) is 4.26. The van der Waals surface area contributed by atoms with Gasteiger partial charge in [0.1, 0.15) is 0 Å². The molecule has 1 aliphatic heterocycles. The van der Waals surface area contributed by atoms with Crippen molar-refractivity contribution in [3.8, 4) is 11.5 Å². The van der Waals surface area contributed by atoms with Gasteiger partial charge in [0.2, 0.25) is 5.91 Å². The van der Waals surface area contributed by atoms with Gasteiger partial charge in [-0.25, -0.2) is 0 Å². The number of methoxy groups -OCH3 is 2. The summed E-state index contributed by atoms with van der Waals surface area (Å²) in [5, 5.41) is 3.68. The Morgan fingerprint density at radius 3 is 2.41 bits per heavy atom. The Morgan fingerprint density at radius 2 is 1.81 bits per heavy atom. The summed E-state index contributed by atoms with van der Waals surface area (Å²) >= 11 is 0. The number of rotatable bonds is 15. The average Bonchev–Trinajstić information content (AvgIpc) is 3.73. The fourth-order valence-electron chi connectivity index (χ4n) is 5.21. The van der Waals surface area contributed by atoms with E-state index in [-0.39, 0.29) is 18.0 Å². The van der Waals surface area contributed by atoms with Gasteiger partial charge in [-0.05, 0) is 70.6 Å². The molecular formula is C29H47N3O5. The van der Waals surface area contributed by atoms with Crippen LogP contribution in [0.15, 0.2) is 18.2 Å². The number of hydrogen-bond donors (Lipinski definition) is 1. The van der Waals surface area contributed by atoms with E-state index in [1.54, 1.807) is 26.4 Å². The maximum Gasteiger partial charge on any atom is 0.254 e. The molecule has 2 aliphatic rings. The molecule has 1 saturated carbocycles. The lowest BCUT2D eigenvalue weighted by molar-refractivity contribution is -0.132. The van der Waals surface area contributed by atoms with Crippen LogP contribution in [0.5, 0.6) is 11.5 Å². The molecule has 1 N–H and O–H groups in total. The molecule has 0 bridgehead atoms. The minimum Gasteiger partial charge on any atom is -0.493 e. The summed E-state index contributed by atoms with van der Waals surface area (Å²) in [6.07, 6.45) is 7.52. The summed E-state index contributed by atoms with van der Waals surface area (Å²) in [4.78, 5) is 30.3. The summed E-state index contributed by atoms with van der Waals surface area (Å²) in [6, 6.07) is 6.45. The first kappa shape index (κ1) is 29.2. The van der Waals surface area contributed by atoms with Gasteiger partial charge in [0.15, 0.2) is 11.5 Å². The first-order valence-electron chi connectivity index (χ1n) is 14.0. The van der Waals surface area contributed by atoms with Crippen LogP contribution in [-0.2, 0) is 9.53 Å². The third-order valence-corrected chi connectivity index (χ3v) is 7.33. The number of nitrogens with one attached hydrogen (secondary N) is 1. The van der Waals surface area contributed by atoms with Crippen molar-refractivity contribution in [1.29, 1.82) is 0 Å². The van der Waals surface area contributed by atoms with Crippen molar-refractivity contribution in [2.45, 2.75) is 96.3 Å². The van der Waals surface area contributed by atoms with Crippen LogP contribution < -0.4 is 14.8 Å². The zero-order valence-electron chi connectivity index (χ0n) is 23.5. The van der Waals surface area contributed by atoms with Crippen molar-refractivity contribution in [3.63, 3.8) is 0 Å². The molecule has 1 aromatic carbocycles. The maximum absolute atomic E-state index is 13.7. The molecule has 2 fully saturated rings. The van der Waals surface area contributed by atoms with Crippen molar-refractivity contribution >= 4 is 11.8 Å². The van der Waals surface area contributed by atoms with Crippen LogP contribution in [0.25, 0.3) is 0 Å². The average molecular weight is 518 g/mol. The monoisotopic (exact) mass is 517 g/mol. The first-order valence-corrected chi connectivity index (χ1v) is 14.0. The van der Waals surface area contributed by atoms with Gasteiger partial charge in [0, 0.05) is 69.4 Å². The smallest absolute Gasteiger partial charge is 0.254 e. The Morgan fingerprint density at radius 1 is 1.05 bits per heavy atom. The highest BCUT2D eigenvalue weighted by Gasteiger charge is 2.34. The molecule has 1 aromatic rings. The van der Waals surface area contributed by atoms with E-state index in [1.807, 2.05) is 11.0 Å². The molecule has 1 aliphatic carbocycles. The third kappa shape index (κ3) is 8.34. The van der Waals surface area contributed by atoms with Crippen LogP contribution in [0.4, 0.5) is 0 Å². The minimum absolute atomic E-state index is 0.00900. The second kappa shape index (κ2) is 14.6. The molecule has 8 nitrogen and oxygen atoms in total. The fourth-order valence-corrected chi connectivity index (χ4v) is 5.21. The molecule has 2 amide bonds. The van der Waals surface area contributed by atoms with Gasteiger partial charge in [-0.15, -0.1) is 0 Å². The molecule has 3 rings (SSSR count). The van der Waals surface area contributed by atoms with Gasteiger partial charge in [-0.2, -0.15) is 0 Å². The van der Waals surface area contributed by atoms with E-state index >= 15 is 0 Å². The lowest BCUT2D eigenvalue weighted by Crippen LogP contribution is -2.54. The molecule has 37 heavy (non-hydrogen) atoms. The van der Waals surface area contributed by atoms with E-state index in [9.17, 15) is 9.59 Å². The molecule has 1 saturated heterocycles. The van der Waals surface area contributed by atoms with Crippen molar-refractivity contribution in [3.05, 3.63) is 23.8 Å². The molecule has 8 heteroatoms. The summed E-state index contributed by atoms with van der Waals surface area (Å²) in [7, 11) is 3.27. The maximum atomic E-state index is 13.7. The Bertz CT molecular complexity index is 865. The van der Waals surface area contributed by atoms with Gasteiger partial charge < -0.3 is 29.3 Å². The lowest BCUT2D eigenvalue weighted by atomic mass is 9.95. The molecule has 0 spiro atoms. The van der Waals surface area contributed by atoms with E-state index in [2.05, 4.69) is 31.0 Å². The van der Waals surface area contributed by atoms with E-state index in [4.69, 9.17) is 14.2 Å². The SMILES string of the molecule is CCCC(=O)N(CC[C@H]1CC[C@@H](N(C(=O)c2ccc(OC)c(OCCCOC)c2)C(C)C)CN1)C1CC1. The van der Waals surface area contributed by atoms with Gasteiger partial charge in [-0.3, -0.25) is 9.59 Å². The summed E-state index contributed by atoms with van der Waals surface area (Å²) in [5.41, 5.74) is 0.605. The van der Waals surface area contributed by atoms with Crippen molar-refractivity contribution < 1.29 is 23.8 Å². The Labute approximate surface area is 223 Å². The van der Waals surface area contributed by atoms with E-state index < -0.39 is 0 Å². The van der Waals surface area contributed by atoms with Crippen LogP contribution in [0.1, 0.15) is 82.5 Å². The Hall–Kier alpha value is -2.32. The van der Waals surface area contributed by atoms with E-state index in [0.717, 1.165) is 58.0 Å². The first-order chi connectivity index (χ1) is 17.9. The Kier molecular flexibility index (Phi) is 11.5. The van der Waals surface area contributed by atoms with E-state index in [1.165, 1.54) is 0 Å². The number of carbonyl (C=O) groups is 2. The number of hydrogen-bond acceptors (Lipinski definition) is 6. The highest BCUT2D eigenvalue weighted by atomic mass is 16.5. The molecule has 208 valence electrons. The lowest BCUT2D eigenvalue weighted by Gasteiger charge is -2.40. The number of ether oxygens (including phenoxy) is 3. The molecular weight excluding hydrogens is 470 g/mol. The third-order valence-electron chi connectivity index (χ3n) is 7.33. The van der Waals surface area contributed by atoms with Gasteiger partial charge in [-0.1, -0.05) is 6.92 Å². The highest BCUT2D eigenvalue weighted by molar-refractivity contribution is 5.95. The quantitative estimate of drug-likeness (QED) is 0.350. The van der Waals surface area contributed by atoms with Crippen LogP contribution >= 0.6 is 0 Å². The van der Waals surface area contributed by atoms with Crippen LogP contribution in [-0.4, -0.2) is 86.3 Å². The number of amides is 2. The zero-order valence-corrected chi connectivity index (χ0v) is 23.5. The highest BCUT2D eigenvalue weighted by Crippen LogP contribution is 2.31. The number of nitrogens with zero attached hydrogens (tertiary/aromatic N) is 2. The molecule has 0 aromatic heterocycles. The summed E-state index contributed by atoms with van der Waals surface area (Å²) in [6.45, 7) is 8.91. The molecule has 1 heterocycles. The Balaban J connectivity index is 1.58. The van der Waals surface area contributed by atoms with Crippen molar-refractivity contribution in [1.82, 2.24) is 15.1 Å². The van der Waals surface area contributed by atoms with Gasteiger partial charge in [0.25, 0.3) is 5.91 Å². The number of benzene rings is 1. The van der Waals surface area contributed by atoms with E-state index in [0.29, 0.717) is 54.7 Å². The van der Waals surface area contributed by atoms with Crippen LogP contribution in [0, 0.1) is 0 Å². The van der Waals surface area contributed by atoms with Crippen LogP contribution in [0.2, 0.25) is 0 Å². The normalized spacial score (nSPS) is 19.5. The summed E-state index contributed by atoms with van der Waals surface area (Å²) in [5.74, 6) is 1.50. The van der Waals surface area contributed by atoms with Crippen molar-refractivity contribution in [2.24, 2.45) is 0 Å². The van der Waals surface area contributed by atoms with Crippen LogP contribution in [0.3, 0.4) is 0 Å². The number of piperidine rings is 1. The molecule has 0 radical (unpaired) electrons. The number of carbonyl (C=O) groups excluding carboxylic acids is 2. The van der Waals surface area contributed by atoms with Crippen molar-refractivity contribution in [2.75, 3.05) is 40.5 Å². The van der Waals surface area contributed by atoms with Gasteiger partial charge >= 0.3 is 0 Å². The largest absolute Gasteiger partial charge is 0.493 e. The summed E-state index contributed by atoms with van der Waals surface area (Å²) < 4.78 is 16.4. The molecule has 2 atom stereocenters. The fraction of sp³-hybridized carbons (Fsp3) is 0.724. The second-order valence-electron chi connectivity index (χ2n) is 10.6.